The van der Waals surface area contributed by atoms with Gasteiger partial charge in [-0.1, -0.05) is 18.1 Å². The monoisotopic (exact) mass is 292 g/mol. The first-order valence-electron chi connectivity index (χ1n) is 6.70. The van der Waals surface area contributed by atoms with E-state index < -0.39 is 12.1 Å². The molecular weight excluding hydrogens is 272 g/mol. The molecule has 0 aliphatic rings. The Morgan fingerprint density at radius 3 is 2.67 bits per heavy atom. The van der Waals surface area contributed by atoms with Crippen LogP contribution < -0.4 is 4.74 Å². The van der Waals surface area contributed by atoms with Gasteiger partial charge in [0.1, 0.15) is 5.75 Å². The van der Waals surface area contributed by atoms with Crippen LogP contribution in [0.4, 0.5) is 0 Å². The van der Waals surface area contributed by atoms with E-state index in [-0.39, 0.29) is 13.0 Å². The van der Waals surface area contributed by atoms with Crippen LogP contribution in [0.15, 0.2) is 24.3 Å². The molecule has 5 heteroatoms. The van der Waals surface area contributed by atoms with Gasteiger partial charge >= 0.3 is 5.97 Å². The molecule has 0 unspecified atom stereocenters. The molecule has 0 spiro atoms. The third-order valence-electron chi connectivity index (χ3n) is 2.54. The Kier molecular flexibility index (Phi) is 7.95. The van der Waals surface area contributed by atoms with E-state index in [1.54, 1.807) is 14.0 Å². The van der Waals surface area contributed by atoms with Crippen LogP contribution in [-0.2, 0) is 20.9 Å². The minimum atomic E-state index is -0.731. The van der Waals surface area contributed by atoms with Crippen molar-refractivity contribution in [3.05, 3.63) is 29.8 Å². The molecule has 5 nitrogen and oxygen atoms in total. The first kappa shape index (κ1) is 17.0. The molecule has 0 bridgehead atoms. The first-order chi connectivity index (χ1) is 10.2. The molecule has 1 rings (SSSR count). The summed E-state index contributed by atoms with van der Waals surface area (Å²) in [5, 5.41) is 9.65. The number of carbonyl (C=O) groups is 1. The zero-order valence-electron chi connectivity index (χ0n) is 12.3. The van der Waals surface area contributed by atoms with Gasteiger partial charge in [-0.25, -0.2) is 4.79 Å². The van der Waals surface area contributed by atoms with Crippen LogP contribution in [-0.4, -0.2) is 37.5 Å². The topological polar surface area (TPSA) is 65.0 Å². The molecule has 0 saturated carbocycles. The Morgan fingerprint density at radius 1 is 1.33 bits per heavy atom. The van der Waals surface area contributed by atoms with Crippen molar-refractivity contribution in [2.75, 3.05) is 20.3 Å². The summed E-state index contributed by atoms with van der Waals surface area (Å²) in [6.45, 7) is 2.55. The van der Waals surface area contributed by atoms with E-state index in [9.17, 15) is 9.90 Å². The summed E-state index contributed by atoms with van der Waals surface area (Å²) < 4.78 is 15.1. The second kappa shape index (κ2) is 9.81. The number of hydrogen-bond donors (Lipinski definition) is 1. The maximum Gasteiger partial charge on any atom is 0.384 e. The predicted octanol–water partition coefficient (Wildman–Crippen LogP) is 1.53. The highest BCUT2D eigenvalue weighted by molar-refractivity contribution is 5.88. The van der Waals surface area contributed by atoms with Crippen molar-refractivity contribution in [3.63, 3.8) is 0 Å². The van der Waals surface area contributed by atoms with Gasteiger partial charge in [0.05, 0.1) is 33.0 Å². The molecule has 1 atom stereocenters. The van der Waals surface area contributed by atoms with Gasteiger partial charge in [-0.05, 0) is 24.6 Å². The number of carbonyl (C=O) groups excluding carboxylic acids is 1. The van der Waals surface area contributed by atoms with Gasteiger partial charge in [-0.2, -0.15) is 0 Å². The number of methoxy groups -OCH3 is 1. The number of aliphatic hydroxyl groups excluding tert-OH is 1. The normalized spacial score (nSPS) is 11.2. The largest absolute Gasteiger partial charge is 0.497 e. The molecule has 0 heterocycles. The maximum absolute atomic E-state index is 11.0. The Labute approximate surface area is 124 Å². The van der Waals surface area contributed by atoms with E-state index in [0.717, 1.165) is 11.3 Å². The van der Waals surface area contributed by atoms with E-state index in [1.807, 2.05) is 24.3 Å². The fourth-order valence-electron chi connectivity index (χ4n) is 1.50. The Bertz CT molecular complexity index is 484. The van der Waals surface area contributed by atoms with Crippen LogP contribution in [0.25, 0.3) is 0 Å². The van der Waals surface area contributed by atoms with Crippen molar-refractivity contribution in [1.82, 2.24) is 0 Å². The minimum absolute atomic E-state index is 0.156. The van der Waals surface area contributed by atoms with Crippen LogP contribution in [0.1, 0.15) is 18.9 Å². The fourth-order valence-corrected chi connectivity index (χ4v) is 1.50. The average Bonchev–Trinajstić information content (AvgIpc) is 2.48. The van der Waals surface area contributed by atoms with Gasteiger partial charge in [0, 0.05) is 12.3 Å². The van der Waals surface area contributed by atoms with Crippen LogP contribution in [0.5, 0.6) is 5.75 Å². The summed E-state index contributed by atoms with van der Waals surface area (Å²) in [7, 11) is 1.61. The summed E-state index contributed by atoms with van der Waals surface area (Å²) in [5.41, 5.74) is 0.987. The third kappa shape index (κ3) is 7.35. The molecule has 1 N–H and O–H groups in total. The molecule has 1 aromatic carbocycles. The Hall–Kier alpha value is -2.03. The molecule has 0 aliphatic carbocycles. The molecular formula is C16H20O5. The Balaban J connectivity index is 2.23. The summed E-state index contributed by atoms with van der Waals surface area (Å²) in [4.78, 5) is 11.0. The second-order valence-electron chi connectivity index (χ2n) is 4.24. The van der Waals surface area contributed by atoms with E-state index in [1.165, 1.54) is 0 Å². The smallest absolute Gasteiger partial charge is 0.384 e. The second-order valence-corrected chi connectivity index (χ2v) is 4.24. The van der Waals surface area contributed by atoms with Crippen LogP contribution in [0.2, 0.25) is 0 Å². The molecule has 0 radical (unpaired) electrons. The maximum atomic E-state index is 11.0. The lowest BCUT2D eigenvalue weighted by molar-refractivity contribution is -0.136. The summed E-state index contributed by atoms with van der Waals surface area (Å²) >= 11 is 0. The predicted molar refractivity (Wildman–Crippen MR) is 77.7 cm³/mol. The molecule has 0 fully saturated rings. The molecule has 114 valence electrons. The van der Waals surface area contributed by atoms with E-state index in [0.29, 0.717) is 13.2 Å². The standard InChI is InChI=1S/C16H20O5/c1-3-21-16(18)6-4-5-14(17)12-20-11-13-7-9-15(19-2)10-8-13/h7-10,14,17H,3,5,11-12H2,1-2H3/t14-/m0/s1. The van der Waals surface area contributed by atoms with Gasteiger partial charge in [0.15, 0.2) is 0 Å². The highest BCUT2D eigenvalue weighted by Crippen LogP contribution is 2.12. The molecule has 0 saturated heterocycles. The zero-order valence-corrected chi connectivity index (χ0v) is 12.3. The van der Waals surface area contributed by atoms with Gasteiger partial charge in [0.2, 0.25) is 0 Å². The number of rotatable bonds is 7. The molecule has 0 aromatic heterocycles. The van der Waals surface area contributed by atoms with Crippen molar-refractivity contribution in [1.29, 1.82) is 0 Å². The van der Waals surface area contributed by atoms with Crippen LogP contribution >= 0.6 is 0 Å². The molecule has 0 amide bonds. The summed E-state index contributed by atoms with van der Waals surface area (Å²) in [6, 6.07) is 7.48. The first-order valence-corrected chi connectivity index (χ1v) is 6.70. The summed E-state index contributed by atoms with van der Waals surface area (Å²) in [5.74, 6) is 5.06. The van der Waals surface area contributed by atoms with Crippen LogP contribution in [0, 0.1) is 11.8 Å². The van der Waals surface area contributed by atoms with E-state index in [2.05, 4.69) is 16.6 Å². The lowest BCUT2D eigenvalue weighted by atomic mass is 10.2. The zero-order chi connectivity index (χ0) is 15.5. The van der Waals surface area contributed by atoms with Gasteiger partial charge in [0.25, 0.3) is 0 Å². The van der Waals surface area contributed by atoms with Gasteiger partial charge in [-0.3, -0.25) is 0 Å². The van der Waals surface area contributed by atoms with Crippen molar-refractivity contribution in [2.24, 2.45) is 0 Å². The molecule has 21 heavy (non-hydrogen) atoms. The van der Waals surface area contributed by atoms with E-state index >= 15 is 0 Å². The van der Waals surface area contributed by atoms with Gasteiger partial charge < -0.3 is 19.3 Å². The lowest BCUT2D eigenvalue weighted by Gasteiger charge is -2.08. The van der Waals surface area contributed by atoms with Crippen molar-refractivity contribution >= 4 is 5.97 Å². The summed E-state index contributed by atoms with van der Waals surface area (Å²) in [6.07, 6.45) is -0.563. The molecule has 0 aliphatic heterocycles. The minimum Gasteiger partial charge on any atom is -0.497 e. The molecule has 1 aromatic rings. The number of benzene rings is 1. The third-order valence-corrected chi connectivity index (χ3v) is 2.54. The van der Waals surface area contributed by atoms with Crippen LogP contribution in [0.3, 0.4) is 0 Å². The Morgan fingerprint density at radius 2 is 2.05 bits per heavy atom. The quantitative estimate of drug-likeness (QED) is 0.469. The number of aliphatic hydroxyl groups is 1. The lowest BCUT2D eigenvalue weighted by Crippen LogP contribution is -2.14. The number of hydrogen-bond acceptors (Lipinski definition) is 5. The SMILES string of the molecule is CCOC(=O)C#CC[C@H](O)COCc1ccc(OC)cc1. The van der Waals surface area contributed by atoms with Crippen molar-refractivity contribution in [3.8, 4) is 17.6 Å². The number of esters is 1. The average molecular weight is 292 g/mol. The highest BCUT2D eigenvalue weighted by atomic mass is 16.5. The van der Waals surface area contributed by atoms with Gasteiger partial charge in [-0.15, -0.1) is 0 Å². The van der Waals surface area contributed by atoms with E-state index in [4.69, 9.17) is 9.47 Å². The van der Waals surface area contributed by atoms with Crippen molar-refractivity contribution < 1.29 is 24.1 Å². The number of ether oxygens (including phenoxy) is 3. The highest BCUT2D eigenvalue weighted by Gasteiger charge is 2.03. The fraction of sp³-hybridized carbons (Fsp3) is 0.438. The van der Waals surface area contributed by atoms with Crippen molar-refractivity contribution in [2.45, 2.75) is 26.1 Å².